The highest BCUT2D eigenvalue weighted by Gasteiger charge is 2.30. The number of nitrogens with two attached hydrogens (primary N) is 1. The number of nitrogen functional groups attached to an aromatic ring is 1. The van der Waals surface area contributed by atoms with Crippen LogP contribution in [0.1, 0.15) is 32.1 Å². The van der Waals surface area contributed by atoms with Gasteiger partial charge in [0.05, 0.1) is 16.9 Å². The molecule has 1 amide bonds. The number of carbonyl (C=O) groups excluding carboxylic acids is 1. The van der Waals surface area contributed by atoms with Crippen molar-refractivity contribution in [2.24, 2.45) is 5.92 Å². The molecule has 1 saturated heterocycles. The lowest BCUT2D eigenvalue weighted by atomic mass is 10.2. The molecule has 5 rings (SSSR count). The number of nitrogens with one attached hydrogen (secondary N) is 2. The number of hydrogen-bond donors (Lipinski definition) is 3. The van der Waals surface area contributed by atoms with Crippen LogP contribution in [0, 0.1) is 17.6 Å². The van der Waals surface area contributed by atoms with Crippen molar-refractivity contribution in [3.05, 3.63) is 54.4 Å². The fraction of sp³-hybridized carbons (Fsp3) is 0.333. The summed E-state index contributed by atoms with van der Waals surface area (Å²) < 4.78 is 34.3. The number of nitrogens with zero attached hydrogens (tertiary/aromatic N) is 3. The van der Waals surface area contributed by atoms with Gasteiger partial charge < -0.3 is 21.1 Å². The van der Waals surface area contributed by atoms with Gasteiger partial charge in [-0.1, -0.05) is 6.42 Å². The number of carbonyl (C=O) groups is 1. The number of hydrogen-bond acceptors (Lipinski definition) is 7. The summed E-state index contributed by atoms with van der Waals surface area (Å²) in [7, 11) is 0. The smallest absolute Gasteiger partial charge is 0.228 e. The van der Waals surface area contributed by atoms with Gasteiger partial charge in [0.25, 0.3) is 0 Å². The minimum atomic E-state index is -1.23. The van der Waals surface area contributed by atoms with Crippen molar-refractivity contribution in [2.75, 3.05) is 24.1 Å². The predicted molar refractivity (Wildman–Crippen MR) is 124 cm³/mol. The molecule has 2 aliphatic rings. The second-order valence-corrected chi connectivity index (χ2v) is 8.07. The minimum absolute atomic E-state index is 0.0219. The normalized spacial score (nSPS) is 15.1. The van der Waals surface area contributed by atoms with Crippen molar-refractivity contribution < 1.29 is 18.3 Å². The van der Waals surface area contributed by atoms with Crippen molar-refractivity contribution in [3.8, 4) is 22.9 Å². The molecule has 10 heteroatoms. The number of pyridine rings is 1. The van der Waals surface area contributed by atoms with Crippen LogP contribution < -0.4 is 21.1 Å². The van der Waals surface area contributed by atoms with E-state index in [1.54, 1.807) is 18.2 Å². The molecule has 0 unspecified atom stereocenters. The highest BCUT2D eigenvalue weighted by molar-refractivity contribution is 5.94. The first-order chi connectivity index (χ1) is 16.5. The number of halogens is 2. The van der Waals surface area contributed by atoms with Crippen LogP contribution in [0.15, 0.2) is 42.7 Å². The molecule has 1 aliphatic carbocycles. The zero-order valence-corrected chi connectivity index (χ0v) is 18.6. The Morgan fingerprint density at radius 3 is 2.47 bits per heavy atom. The minimum Gasteiger partial charge on any atom is -0.435 e. The number of aromatic nitrogens is 3. The summed E-state index contributed by atoms with van der Waals surface area (Å²) in [6.07, 6.45) is 8.64. The van der Waals surface area contributed by atoms with Crippen LogP contribution in [0.5, 0.6) is 11.6 Å². The third-order valence-electron chi connectivity index (χ3n) is 5.39. The standard InChI is InChI=1S/C19H15F2N5O2.C5H11N/c20-15-13(25-17(27)10-3-4-10)5-6-14(16(15)21)28-18-11(2-1-8-23-18)12-7-9-24-19(22)26-12;1-2-4-6-5-3-1/h1-2,5-10H,3-4H2,(H,25,27)(H2,22,24,26);6H,1-5H2. The van der Waals surface area contributed by atoms with Crippen LogP contribution in [0.25, 0.3) is 11.3 Å². The molecule has 34 heavy (non-hydrogen) atoms. The molecule has 0 radical (unpaired) electrons. The van der Waals surface area contributed by atoms with Crippen LogP contribution in [0.3, 0.4) is 0 Å². The topological polar surface area (TPSA) is 115 Å². The fourth-order valence-electron chi connectivity index (χ4n) is 3.38. The SMILES string of the molecule is C1CCNCC1.Nc1nccc(-c2cccnc2Oc2ccc(NC(=O)C3CC3)c(F)c2F)n1. The molecule has 4 N–H and O–H groups in total. The molecular weight excluding hydrogens is 442 g/mol. The van der Waals surface area contributed by atoms with Crippen molar-refractivity contribution in [2.45, 2.75) is 32.1 Å². The first-order valence-electron chi connectivity index (χ1n) is 11.2. The van der Waals surface area contributed by atoms with E-state index in [-0.39, 0.29) is 35.1 Å². The molecule has 178 valence electrons. The number of anilines is 2. The van der Waals surface area contributed by atoms with E-state index in [4.69, 9.17) is 10.5 Å². The summed E-state index contributed by atoms with van der Waals surface area (Å²) in [4.78, 5) is 23.8. The van der Waals surface area contributed by atoms with Crippen LogP contribution in [-0.4, -0.2) is 33.9 Å². The molecule has 3 aromatic rings. The molecule has 0 spiro atoms. The van der Waals surface area contributed by atoms with Crippen molar-refractivity contribution >= 4 is 17.5 Å². The average Bonchev–Trinajstić information content (AvgIpc) is 3.71. The highest BCUT2D eigenvalue weighted by atomic mass is 19.2. The molecule has 2 fully saturated rings. The zero-order valence-electron chi connectivity index (χ0n) is 18.6. The summed E-state index contributed by atoms with van der Waals surface area (Å²) >= 11 is 0. The van der Waals surface area contributed by atoms with Gasteiger partial charge in [-0.25, -0.2) is 19.3 Å². The first-order valence-corrected chi connectivity index (χ1v) is 11.2. The van der Waals surface area contributed by atoms with E-state index >= 15 is 0 Å². The maximum atomic E-state index is 14.5. The van der Waals surface area contributed by atoms with E-state index in [1.165, 1.54) is 56.9 Å². The molecule has 1 aromatic carbocycles. The first kappa shape index (κ1) is 23.5. The Labute approximate surface area is 196 Å². The summed E-state index contributed by atoms with van der Waals surface area (Å²) in [6, 6.07) is 7.37. The van der Waals surface area contributed by atoms with Gasteiger partial charge in [0.2, 0.25) is 23.6 Å². The Kier molecular flexibility index (Phi) is 7.58. The quantitative estimate of drug-likeness (QED) is 0.511. The van der Waals surface area contributed by atoms with Crippen LogP contribution in [-0.2, 0) is 4.79 Å². The van der Waals surface area contributed by atoms with Crippen LogP contribution in [0.2, 0.25) is 0 Å². The number of piperidine rings is 1. The summed E-state index contributed by atoms with van der Waals surface area (Å²) in [5.74, 6) is -3.17. The molecule has 8 nitrogen and oxygen atoms in total. The Morgan fingerprint density at radius 1 is 1.03 bits per heavy atom. The number of benzene rings is 1. The van der Waals surface area contributed by atoms with E-state index in [0.29, 0.717) is 11.3 Å². The third-order valence-corrected chi connectivity index (χ3v) is 5.39. The van der Waals surface area contributed by atoms with Crippen molar-refractivity contribution in [1.82, 2.24) is 20.3 Å². The van der Waals surface area contributed by atoms with E-state index in [2.05, 4.69) is 25.6 Å². The molecule has 0 atom stereocenters. The predicted octanol–water partition coefficient (Wildman–Crippen LogP) is 4.30. The van der Waals surface area contributed by atoms with E-state index in [9.17, 15) is 13.6 Å². The number of ether oxygens (including phenoxy) is 1. The van der Waals surface area contributed by atoms with Crippen molar-refractivity contribution in [3.63, 3.8) is 0 Å². The maximum Gasteiger partial charge on any atom is 0.228 e. The second-order valence-electron chi connectivity index (χ2n) is 8.07. The van der Waals surface area contributed by atoms with Crippen LogP contribution in [0.4, 0.5) is 20.4 Å². The molecule has 2 aromatic heterocycles. The number of rotatable bonds is 5. The molecule has 0 bridgehead atoms. The van der Waals surface area contributed by atoms with Gasteiger partial charge in [-0.2, -0.15) is 4.39 Å². The summed E-state index contributed by atoms with van der Waals surface area (Å²) in [5, 5.41) is 5.68. The monoisotopic (exact) mass is 468 g/mol. The summed E-state index contributed by atoms with van der Waals surface area (Å²) in [5.41, 5.74) is 6.22. The van der Waals surface area contributed by atoms with E-state index in [0.717, 1.165) is 12.8 Å². The molecule has 1 aliphatic heterocycles. The lowest BCUT2D eigenvalue weighted by Gasteiger charge is -2.12. The Hall–Kier alpha value is -3.66. The van der Waals surface area contributed by atoms with E-state index < -0.39 is 11.6 Å². The van der Waals surface area contributed by atoms with Gasteiger partial charge in [-0.15, -0.1) is 0 Å². The van der Waals surface area contributed by atoms with Gasteiger partial charge in [-0.3, -0.25) is 4.79 Å². The van der Waals surface area contributed by atoms with Gasteiger partial charge in [-0.05, 0) is 69.1 Å². The second kappa shape index (κ2) is 11.0. The average molecular weight is 469 g/mol. The highest BCUT2D eigenvalue weighted by Crippen LogP contribution is 2.35. The lowest BCUT2D eigenvalue weighted by Crippen LogP contribution is -2.21. The lowest BCUT2D eigenvalue weighted by molar-refractivity contribution is -0.117. The Balaban J connectivity index is 0.000000398. The Bertz CT molecular complexity index is 1140. The summed E-state index contributed by atoms with van der Waals surface area (Å²) in [6.45, 7) is 2.50. The van der Waals surface area contributed by atoms with Gasteiger partial charge >= 0.3 is 0 Å². The Morgan fingerprint density at radius 2 is 1.82 bits per heavy atom. The van der Waals surface area contributed by atoms with Crippen LogP contribution >= 0.6 is 0 Å². The zero-order chi connectivity index (χ0) is 23.9. The molecule has 1 saturated carbocycles. The molecule has 3 heterocycles. The van der Waals surface area contributed by atoms with Gasteiger partial charge in [0, 0.05) is 18.3 Å². The maximum absolute atomic E-state index is 14.5. The van der Waals surface area contributed by atoms with Gasteiger partial charge in [0.15, 0.2) is 11.6 Å². The van der Waals surface area contributed by atoms with E-state index in [1.807, 2.05) is 0 Å². The largest absolute Gasteiger partial charge is 0.435 e. The fourth-order valence-corrected chi connectivity index (χ4v) is 3.38. The van der Waals surface area contributed by atoms with Crippen molar-refractivity contribution in [1.29, 1.82) is 0 Å². The number of amides is 1. The third kappa shape index (κ3) is 6.02. The van der Waals surface area contributed by atoms with Gasteiger partial charge in [0.1, 0.15) is 0 Å². The molecular formula is C24H26F2N6O2.